The second-order valence-electron chi connectivity index (χ2n) is 3.70. The van der Waals surface area contributed by atoms with Crippen molar-refractivity contribution in [3.63, 3.8) is 0 Å². The highest BCUT2D eigenvalue weighted by atomic mass is 32.1. The Balaban J connectivity index is 2.12. The van der Waals surface area contributed by atoms with Crippen LogP contribution in [-0.2, 0) is 4.79 Å². The maximum atomic E-state index is 10.7. The molecule has 5 heteroatoms. The van der Waals surface area contributed by atoms with E-state index in [2.05, 4.69) is 10.3 Å². The van der Waals surface area contributed by atoms with Gasteiger partial charge in [-0.05, 0) is 19.1 Å². The highest BCUT2D eigenvalue weighted by Crippen LogP contribution is 2.25. The van der Waals surface area contributed by atoms with Crippen LogP contribution in [0.2, 0.25) is 0 Å². The maximum absolute atomic E-state index is 10.7. The molecule has 1 unspecified atom stereocenters. The van der Waals surface area contributed by atoms with Gasteiger partial charge in [-0.1, -0.05) is 23.5 Å². The van der Waals surface area contributed by atoms with E-state index in [0.717, 1.165) is 15.3 Å². The Kier molecular flexibility index (Phi) is 3.05. The molecule has 3 N–H and O–H groups in total. The molecule has 1 aromatic heterocycles. The summed E-state index contributed by atoms with van der Waals surface area (Å²) < 4.78 is 1.14. The molecule has 0 aliphatic rings. The van der Waals surface area contributed by atoms with Crippen LogP contribution in [0.15, 0.2) is 24.3 Å². The van der Waals surface area contributed by atoms with Crippen molar-refractivity contribution in [3.05, 3.63) is 24.3 Å². The van der Waals surface area contributed by atoms with Crippen LogP contribution < -0.4 is 11.1 Å². The van der Waals surface area contributed by atoms with Crippen molar-refractivity contribution in [2.45, 2.75) is 19.4 Å². The van der Waals surface area contributed by atoms with E-state index in [4.69, 9.17) is 5.73 Å². The predicted octanol–water partition coefficient (Wildman–Crippen LogP) is 1.97. The molecule has 1 heterocycles. The normalized spacial score (nSPS) is 12.6. The molecular formula is C11H13N3OS. The summed E-state index contributed by atoms with van der Waals surface area (Å²) in [5.41, 5.74) is 6.10. The number of aromatic nitrogens is 1. The molecule has 1 amide bonds. The van der Waals surface area contributed by atoms with Crippen LogP contribution in [-0.4, -0.2) is 16.9 Å². The van der Waals surface area contributed by atoms with Crippen LogP contribution >= 0.6 is 11.3 Å². The van der Waals surface area contributed by atoms with Gasteiger partial charge in [0, 0.05) is 12.5 Å². The summed E-state index contributed by atoms with van der Waals surface area (Å²) >= 11 is 1.58. The lowest BCUT2D eigenvalue weighted by Crippen LogP contribution is -2.23. The van der Waals surface area contributed by atoms with Crippen LogP contribution in [0, 0.1) is 0 Å². The molecule has 4 nitrogen and oxygen atoms in total. The van der Waals surface area contributed by atoms with Crippen molar-refractivity contribution in [1.82, 2.24) is 4.98 Å². The molecule has 2 rings (SSSR count). The molecule has 0 bridgehead atoms. The predicted molar refractivity (Wildman–Crippen MR) is 66.5 cm³/mol. The molecule has 0 aliphatic heterocycles. The number of hydrogen-bond acceptors (Lipinski definition) is 4. The Labute approximate surface area is 97.5 Å². The average Bonchev–Trinajstić information content (AvgIpc) is 2.57. The number of primary amides is 1. The first kappa shape index (κ1) is 10.9. The standard InChI is InChI=1S/C11H13N3OS/c1-7(6-10(12)15)13-11-14-8-4-2-3-5-9(8)16-11/h2-5,7H,6H2,1H3,(H2,12,15)(H,13,14). The van der Waals surface area contributed by atoms with Crippen LogP contribution in [0.5, 0.6) is 0 Å². The Morgan fingerprint density at radius 3 is 3.00 bits per heavy atom. The first-order valence-electron chi connectivity index (χ1n) is 5.05. The number of carbonyl (C=O) groups excluding carboxylic acids is 1. The van der Waals surface area contributed by atoms with Crippen LogP contribution in [0.25, 0.3) is 10.2 Å². The molecule has 2 aromatic rings. The Morgan fingerprint density at radius 2 is 2.31 bits per heavy atom. The molecule has 0 aliphatic carbocycles. The summed E-state index contributed by atoms with van der Waals surface area (Å²) in [6.07, 6.45) is 0.315. The maximum Gasteiger partial charge on any atom is 0.219 e. The number of para-hydroxylation sites is 1. The zero-order valence-electron chi connectivity index (χ0n) is 8.93. The number of carbonyl (C=O) groups is 1. The third-order valence-corrected chi connectivity index (χ3v) is 3.14. The summed E-state index contributed by atoms with van der Waals surface area (Å²) in [6.45, 7) is 1.91. The summed E-state index contributed by atoms with van der Waals surface area (Å²) in [5, 5.41) is 4.00. The van der Waals surface area contributed by atoms with Crippen molar-refractivity contribution in [3.8, 4) is 0 Å². The SMILES string of the molecule is CC(CC(N)=O)Nc1nc2ccccc2s1. The molecule has 0 saturated carbocycles. The van der Waals surface area contributed by atoms with E-state index in [0.29, 0.717) is 6.42 Å². The number of fused-ring (bicyclic) bond motifs is 1. The van der Waals surface area contributed by atoms with Crippen molar-refractivity contribution in [2.75, 3.05) is 5.32 Å². The quantitative estimate of drug-likeness (QED) is 0.851. The van der Waals surface area contributed by atoms with Crippen molar-refractivity contribution in [1.29, 1.82) is 0 Å². The number of nitrogens with zero attached hydrogens (tertiary/aromatic N) is 1. The number of rotatable bonds is 4. The molecule has 1 atom stereocenters. The number of thiazole rings is 1. The van der Waals surface area contributed by atoms with Crippen molar-refractivity contribution < 1.29 is 4.79 Å². The van der Waals surface area contributed by atoms with E-state index >= 15 is 0 Å². The minimum atomic E-state index is -0.305. The summed E-state index contributed by atoms with van der Waals surface area (Å²) in [7, 11) is 0. The zero-order chi connectivity index (χ0) is 11.5. The fraction of sp³-hybridized carbons (Fsp3) is 0.273. The monoisotopic (exact) mass is 235 g/mol. The van der Waals surface area contributed by atoms with E-state index in [1.54, 1.807) is 11.3 Å². The van der Waals surface area contributed by atoms with Gasteiger partial charge < -0.3 is 11.1 Å². The second-order valence-corrected chi connectivity index (χ2v) is 4.73. The van der Waals surface area contributed by atoms with E-state index in [1.807, 2.05) is 31.2 Å². The molecule has 84 valence electrons. The molecule has 0 fully saturated rings. The van der Waals surface area contributed by atoms with Gasteiger partial charge in [0.1, 0.15) is 0 Å². The average molecular weight is 235 g/mol. The van der Waals surface area contributed by atoms with Crippen LogP contribution in [0.1, 0.15) is 13.3 Å². The van der Waals surface area contributed by atoms with Crippen molar-refractivity contribution in [2.24, 2.45) is 5.73 Å². The lowest BCUT2D eigenvalue weighted by atomic mass is 10.2. The van der Waals surface area contributed by atoms with Gasteiger partial charge in [-0.25, -0.2) is 4.98 Å². The highest BCUT2D eigenvalue weighted by Gasteiger charge is 2.08. The molecule has 0 radical (unpaired) electrons. The van der Waals surface area contributed by atoms with Crippen LogP contribution in [0.4, 0.5) is 5.13 Å². The summed E-state index contributed by atoms with van der Waals surface area (Å²) in [5.74, 6) is -0.305. The van der Waals surface area contributed by atoms with Gasteiger partial charge in [0.2, 0.25) is 5.91 Å². The Morgan fingerprint density at radius 1 is 1.56 bits per heavy atom. The Bertz CT molecular complexity index is 476. The van der Waals surface area contributed by atoms with E-state index in [-0.39, 0.29) is 11.9 Å². The van der Waals surface area contributed by atoms with E-state index in [9.17, 15) is 4.79 Å². The lowest BCUT2D eigenvalue weighted by Gasteiger charge is -2.09. The van der Waals surface area contributed by atoms with Crippen molar-refractivity contribution >= 4 is 32.6 Å². The highest BCUT2D eigenvalue weighted by molar-refractivity contribution is 7.22. The molecule has 0 saturated heterocycles. The largest absolute Gasteiger partial charge is 0.370 e. The Hall–Kier alpha value is -1.62. The van der Waals surface area contributed by atoms with Gasteiger partial charge in [-0.3, -0.25) is 4.79 Å². The van der Waals surface area contributed by atoms with Gasteiger partial charge in [-0.15, -0.1) is 0 Å². The third kappa shape index (κ3) is 2.49. The molecule has 16 heavy (non-hydrogen) atoms. The number of nitrogens with two attached hydrogens (primary N) is 1. The van der Waals surface area contributed by atoms with Gasteiger partial charge in [-0.2, -0.15) is 0 Å². The second kappa shape index (κ2) is 4.49. The van der Waals surface area contributed by atoms with Gasteiger partial charge in [0.15, 0.2) is 5.13 Å². The fourth-order valence-electron chi connectivity index (χ4n) is 1.50. The topological polar surface area (TPSA) is 68.0 Å². The third-order valence-electron chi connectivity index (χ3n) is 2.17. The number of nitrogens with one attached hydrogen (secondary N) is 1. The molecule has 0 spiro atoms. The lowest BCUT2D eigenvalue weighted by molar-refractivity contribution is -0.118. The smallest absolute Gasteiger partial charge is 0.219 e. The molecular weight excluding hydrogens is 222 g/mol. The number of anilines is 1. The number of amides is 1. The minimum Gasteiger partial charge on any atom is -0.370 e. The van der Waals surface area contributed by atoms with E-state index in [1.165, 1.54) is 0 Å². The number of benzene rings is 1. The minimum absolute atomic E-state index is 0.0121. The molecule has 1 aromatic carbocycles. The zero-order valence-corrected chi connectivity index (χ0v) is 9.75. The first-order chi connectivity index (χ1) is 7.65. The number of hydrogen-bond donors (Lipinski definition) is 2. The summed E-state index contributed by atoms with van der Waals surface area (Å²) in [4.78, 5) is 15.2. The summed E-state index contributed by atoms with van der Waals surface area (Å²) in [6, 6.07) is 7.95. The fourth-order valence-corrected chi connectivity index (χ4v) is 2.47. The van der Waals surface area contributed by atoms with Gasteiger partial charge in [0.25, 0.3) is 0 Å². The first-order valence-corrected chi connectivity index (χ1v) is 5.87. The van der Waals surface area contributed by atoms with Crippen LogP contribution in [0.3, 0.4) is 0 Å². The van der Waals surface area contributed by atoms with Gasteiger partial charge in [0.05, 0.1) is 10.2 Å². The van der Waals surface area contributed by atoms with E-state index < -0.39 is 0 Å². The van der Waals surface area contributed by atoms with Gasteiger partial charge >= 0.3 is 0 Å².